The third-order valence-electron chi connectivity index (χ3n) is 2.72. The van der Waals surface area contributed by atoms with E-state index in [9.17, 15) is 0 Å². The SMILES string of the molecule is CC(CO)CCCNc1cc(Br)nc(C(C)C)n1. The summed E-state index contributed by atoms with van der Waals surface area (Å²) in [5.74, 6) is 2.39. The second-order valence-electron chi connectivity index (χ2n) is 4.95. The summed E-state index contributed by atoms with van der Waals surface area (Å²) in [6, 6.07) is 1.89. The zero-order valence-corrected chi connectivity index (χ0v) is 12.9. The summed E-state index contributed by atoms with van der Waals surface area (Å²) in [5, 5.41) is 12.2. The van der Waals surface area contributed by atoms with Gasteiger partial charge in [0.1, 0.15) is 16.2 Å². The fourth-order valence-electron chi connectivity index (χ4n) is 1.54. The Hall–Kier alpha value is -0.680. The van der Waals surface area contributed by atoms with Crippen molar-refractivity contribution in [2.45, 2.75) is 39.5 Å². The van der Waals surface area contributed by atoms with Gasteiger partial charge >= 0.3 is 0 Å². The topological polar surface area (TPSA) is 58.0 Å². The molecule has 0 spiro atoms. The van der Waals surface area contributed by atoms with Gasteiger partial charge in [0.2, 0.25) is 0 Å². The van der Waals surface area contributed by atoms with Gasteiger partial charge in [-0.05, 0) is 34.7 Å². The molecule has 1 atom stereocenters. The van der Waals surface area contributed by atoms with Crippen molar-refractivity contribution in [3.8, 4) is 0 Å². The molecule has 0 amide bonds. The number of rotatable bonds is 7. The number of anilines is 1. The minimum absolute atomic E-state index is 0.260. The van der Waals surface area contributed by atoms with E-state index in [1.807, 2.05) is 6.07 Å². The molecule has 2 N–H and O–H groups in total. The van der Waals surface area contributed by atoms with Crippen LogP contribution in [-0.4, -0.2) is 28.2 Å². The van der Waals surface area contributed by atoms with E-state index in [1.165, 1.54) is 0 Å². The number of nitrogens with one attached hydrogen (secondary N) is 1. The van der Waals surface area contributed by atoms with Gasteiger partial charge in [0.25, 0.3) is 0 Å². The fraction of sp³-hybridized carbons (Fsp3) is 0.692. The summed E-state index contributed by atoms with van der Waals surface area (Å²) in [4.78, 5) is 8.80. The zero-order chi connectivity index (χ0) is 13.5. The molecule has 5 heteroatoms. The van der Waals surface area contributed by atoms with Crippen molar-refractivity contribution in [2.75, 3.05) is 18.5 Å². The standard InChI is InChI=1S/C13H22BrN3O/c1-9(2)13-16-11(14)7-12(17-13)15-6-4-5-10(3)8-18/h7,9-10,18H,4-6,8H2,1-3H3,(H,15,16,17). The lowest BCUT2D eigenvalue weighted by Gasteiger charge is -2.11. The molecule has 0 aromatic carbocycles. The molecule has 1 rings (SSSR count). The van der Waals surface area contributed by atoms with E-state index >= 15 is 0 Å². The predicted molar refractivity (Wildman–Crippen MR) is 77.8 cm³/mol. The Labute approximate surface area is 117 Å². The molecule has 0 aliphatic heterocycles. The Bertz CT molecular complexity index is 371. The van der Waals surface area contributed by atoms with Crippen molar-refractivity contribution < 1.29 is 5.11 Å². The van der Waals surface area contributed by atoms with Crippen molar-refractivity contribution in [1.82, 2.24) is 9.97 Å². The van der Waals surface area contributed by atoms with E-state index in [2.05, 4.69) is 52.0 Å². The second-order valence-corrected chi connectivity index (χ2v) is 5.76. The molecule has 1 heterocycles. The molecular formula is C13H22BrN3O. The van der Waals surface area contributed by atoms with Crippen molar-refractivity contribution in [3.05, 3.63) is 16.5 Å². The van der Waals surface area contributed by atoms with Gasteiger partial charge in [-0.2, -0.15) is 0 Å². The first kappa shape index (κ1) is 15.4. The molecule has 4 nitrogen and oxygen atoms in total. The van der Waals surface area contributed by atoms with Crippen molar-refractivity contribution in [3.63, 3.8) is 0 Å². The average Bonchev–Trinajstić information content (AvgIpc) is 2.33. The van der Waals surface area contributed by atoms with Crippen LogP contribution in [0.25, 0.3) is 0 Å². The van der Waals surface area contributed by atoms with Gasteiger partial charge in [-0.3, -0.25) is 0 Å². The number of nitrogens with zero attached hydrogens (tertiary/aromatic N) is 2. The van der Waals surface area contributed by atoms with Gasteiger partial charge in [-0.25, -0.2) is 9.97 Å². The van der Waals surface area contributed by atoms with Crippen LogP contribution >= 0.6 is 15.9 Å². The van der Waals surface area contributed by atoms with Crippen LogP contribution in [0.15, 0.2) is 10.7 Å². The molecule has 1 unspecified atom stereocenters. The minimum Gasteiger partial charge on any atom is -0.396 e. The number of hydrogen-bond donors (Lipinski definition) is 2. The predicted octanol–water partition coefficient (Wildman–Crippen LogP) is 3.18. The van der Waals surface area contributed by atoms with Gasteiger partial charge in [0, 0.05) is 25.1 Å². The van der Waals surface area contributed by atoms with Gasteiger partial charge in [0.05, 0.1) is 0 Å². The molecule has 0 radical (unpaired) electrons. The van der Waals surface area contributed by atoms with E-state index < -0.39 is 0 Å². The second kappa shape index (κ2) is 7.69. The molecule has 1 aromatic rings. The third-order valence-corrected chi connectivity index (χ3v) is 3.13. The van der Waals surface area contributed by atoms with E-state index in [4.69, 9.17) is 5.11 Å². The van der Waals surface area contributed by atoms with Crippen LogP contribution in [0.2, 0.25) is 0 Å². The van der Waals surface area contributed by atoms with Crippen molar-refractivity contribution in [1.29, 1.82) is 0 Å². The van der Waals surface area contributed by atoms with E-state index in [1.54, 1.807) is 0 Å². The van der Waals surface area contributed by atoms with Gasteiger partial charge in [-0.1, -0.05) is 20.8 Å². The number of aliphatic hydroxyl groups is 1. The Morgan fingerprint density at radius 2 is 2.06 bits per heavy atom. The lowest BCUT2D eigenvalue weighted by Crippen LogP contribution is -2.09. The smallest absolute Gasteiger partial charge is 0.134 e. The highest BCUT2D eigenvalue weighted by molar-refractivity contribution is 9.10. The highest BCUT2D eigenvalue weighted by Gasteiger charge is 2.06. The normalized spacial score (nSPS) is 12.8. The fourth-order valence-corrected chi connectivity index (χ4v) is 1.94. The largest absolute Gasteiger partial charge is 0.396 e. The Balaban J connectivity index is 2.47. The van der Waals surface area contributed by atoms with Gasteiger partial charge in [0.15, 0.2) is 0 Å². The summed E-state index contributed by atoms with van der Waals surface area (Å²) < 4.78 is 0.812. The van der Waals surface area contributed by atoms with Gasteiger partial charge in [-0.15, -0.1) is 0 Å². The van der Waals surface area contributed by atoms with Gasteiger partial charge < -0.3 is 10.4 Å². The number of halogens is 1. The molecule has 18 heavy (non-hydrogen) atoms. The van der Waals surface area contributed by atoms with Crippen LogP contribution in [0.4, 0.5) is 5.82 Å². The molecule has 0 saturated carbocycles. The van der Waals surface area contributed by atoms with E-state index in [0.29, 0.717) is 11.8 Å². The van der Waals surface area contributed by atoms with Crippen LogP contribution in [0.3, 0.4) is 0 Å². The zero-order valence-electron chi connectivity index (χ0n) is 11.3. The summed E-state index contributed by atoms with van der Waals surface area (Å²) >= 11 is 3.40. The maximum absolute atomic E-state index is 8.94. The van der Waals surface area contributed by atoms with E-state index in [0.717, 1.165) is 35.6 Å². The number of aliphatic hydroxyl groups excluding tert-OH is 1. The first-order chi connectivity index (χ1) is 8.52. The molecule has 1 aromatic heterocycles. The van der Waals surface area contributed by atoms with Crippen LogP contribution in [0, 0.1) is 5.92 Å². The molecule has 0 aliphatic carbocycles. The third kappa shape index (κ3) is 5.31. The number of hydrogen-bond acceptors (Lipinski definition) is 4. The van der Waals surface area contributed by atoms with Crippen LogP contribution < -0.4 is 5.32 Å². The summed E-state index contributed by atoms with van der Waals surface area (Å²) in [6.45, 7) is 7.34. The molecular weight excluding hydrogens is 294 g/mol. The minimum atomic E-state index is 0.260. The highest BCUT2D eigenvalue weighted by Crippen LogP contribution is 2.17. The van der Waals surface area contributed by atoms with Crippen LogP contribution in [0.1, 0.15) is 45.4 Å². The number of aromatic nitrogens is 2. The maximum Gasteiger partial charge on any atom is 0.134 e. The van der Waals surface area contributed by atoms with Crippen molar-refractivity contribution in [2.24, 2.45) is 5.92 Å². The monoisotopic (exact) mass is 315 g/mol. The summed E-state index contributed by atoms with van der Waals surface area (Å²) in [5.41, 5.74) is 0. The Morgan fingerprint density at radius 1 is 1.33 bits per heavy atom. The molecule has 0 aliphatic rings. The van der Waals surface area contributed by atoms with Crippen molar-refractivity contribution >= 4 is 21.7 Å². The van der Waals surface area contributed by atoms with Crippen LogP contribution in [0.5, 0.6) is 0 Å². The highest BCUT2D eigenvalue weighted by atomic mass is 79.9. The summed E-state index contributed by atoms with van der Waals surface area (Å²) in [6.07, 6.45) is 2.05. The lowest BCUT2D eigenvalue weighted by molar-refractivity contribution is 0.229. The molecule has 102 valence electrons. The quantitative estimate of drug-likeness (QED) is 0.599. The summed E-state index contributed by atoms with van der Waals surface area (Å²) in [7, 11) is 0. The van der Waals surface area contributed by atoms with E-state index in [-0.39, 0.29) is 6.61 Å². The first-order valence-electron chi connectivity index (χ1n) is 6.42. The molecule has 0 bridgehead atoms. The first-order valence-corrected chi connectivity index (χ1v) is 7.21. The molecule has 0 saturated heterocycles. The Morgan fingerprint density at radius 3 is 2.67 bits per heavy atom. The average molecular weight is 316 g/mol. The Kier molecular flexibility index (Phi) is 6.57. The lowest BCUT2D eigenvalue weighted by atomic mass is 10.1. The molecule has 0 fully saturated rings. The maximum atomic E-state index is 8.94. The van der Waals surface area contributed by atoms with Crippen LogP contribution in [-0.2, 0) is 0 Å².